The monoisotopic (exact) mass is 158 g/mol. The molecule has 0 amide bonds. The maximum Gasteiger partial charge on any atom is 0.0749 e. The normalized spacial score (nSPS) is 15.9. The Morgan fingerprint density at radius 1 is 1.55 bits per heavy atom. The van der Waals surface area contributed by atoms with Crippen molar-refractivity contribution in [1.29, 1.82) is 0 Å². The molecule has 2 heteroatoms. The third kappa shape index (κ3) is 6.07. The van der Waals surface area contributed by atoms with Crippen LogP contribution in [0.2, 0.25) is 0 Å². The minimum atomic E-state index is -0.197. The fourth-order valence-corrected chi connectivity index (χ4v) is 0.946. The predicted molar refractivity (Wildman–Crippen MR) is 46.5 cm³/mol. The third-order valence-electron chi connectivity index (χ3n) is 1.68. The van der Waals surface area contributed by atoms with Gasteiger partial charge in [0.25, 0.3) is 0 Å². The van der Waals surface area contributed by atoms with Crippen LogP contribution in [0.25, 0.3) is 0 Å². The van der Waals surface area contributed by atoms with E-state index in [0.29, 0.717) is 0 Å². The number of hydrogen-bond acceptors (Lipinski definition) is 2. The summed E-state index contributed by atoms with van der Waals surface area (Å²) in [5.74, 6) is 0. The largest absolute Gasteiger partial charge is 0.393 e. The molecule has 0 aliphatic rings. The SMILES string of the molecule is C=CC(CCCC(C)O)OC. The highest BCUT2D eigenvalue weighted by molar-refractivity contribution is 4.79. The van der Waals surface area contributed by atoms with Crippen molar-refractivity contribution in [3.63, 3.8) is 0 Å². The van der Waals surface area contributed by atoms with E-state index in [-0.39, 0.29) is 12.2 Å². The van der Waals surface area contributed by atoms with Gasteiger partial charge in [-0.3, -0.25) is 0 Å². The number of aliphatic hydroxyl groups is 1. The first-order chi connectivity index (χ1) is 5.20. The van der Waals surface area contributed by atoms with E-state index in [1.807, 2.05) is 0 Å². The second-order valence-electron chi connectivity index (χ2n) is 2.79. The molecule has 2 unspecified atom stereocenters. The zero-order valence-electron chi connectivity index (χ0n) is 7.42. The average molecular weight is 158 g/mol. The van der Waals surface area contributed by atoms with Gasteiger partial charge in [0, 0.05) is 7.11 Å². The van der Waals surface area contributed by atoms with E-state index in [1.54, 1.807) is 20.1 Å². The van der Waals surface area contributed by atoms with Gasteiger partial charge in [-0.2, -0.15) is 0 Å². The van der Waals surface area contributed by atoms with E-state index in [1.165, 1.54) is 0 Å². The molecule has 0 spiro atoms. The topological polar surface area (TPSA) is 29.5 Å². The number of aliphatic hydroxyl groups excluding tert-OH is 1. The molecular formula is C9H18O2. The maximum atomic E-state index is 8.94. The molecule has 2 nitrogen and oxygen atoms in total. The minimum Gasteiger partial charge on any atom is -0.393 e. The summed E-state index contributed by atoms with van der Waals surface area (Å²) in [6, 6.07) is 0. The van der Waals surface area contributed by atoms with Crippen molar-refractivity contribution < 1.29 is 9.84 Å². The highest BCUT2D eigenvalue weighted by atomic mass is 16.5. The molecule has 2 atom stereocenters. The lowest BCUT2D eigenvalue weighted by molar-refractivity contribution is 0.122. The molecule has 0 saturated carbocycles. The van der Waals surface area contributed by atoms with Crippen molar-refractivity contribution >= 4 is 0 Å². The molecule has 0 aliphatic carbocycles. The summed E-state index contributed by atoms with van der Waals surface area (Å²) in [6.07, 6.45) is 4.52. The second-order valence-corrected chi connectivity index (χ2v) is 2.79. The Labute approximate surface area is 68.9 Å². The fraction of sp³-hybridized carbons (Fsp3) is 0.778. The number of ether oxygens (including phenoxy) is 1. The zero-order chi connectivity index (χ0) is 8.69. The Morgan fingerprint density at radius 2 is 2.18 bits per heavy atom. The third-order valence-corrected chi connectivity index (χ3v) is 1.68. The predicted octanol–water partition coefficient (Wildman–Crippen LogP) is 1.74. The van der Waals surface area contributed by atoms with Crippen LogP contribution in [-0.2, 0) is 4.74 Å². The molecule has 0 saturated heterocycles. The molecule has 66 valence electrons. The van der Waals surface area contributed by atoms with E-state index >= 15 is 0 Å². The number of hydrogen-bond donors (Lipinski definition) is 1. The van der Waals surface area contributed by atoms with Gasteiger partial charge < -0.3 is 9.84 Å². The Morgan fingerprint density at radius 3 is 2.55 bits per heavy atom. The van der Waals surface area contributed by atoms with Crippen molar-refractivity contribution in [3.05, 3.63) is 12.7 Å². The highest BCUT2D eigenvalue weighted by Gasteiger charge is 2.02. The Bertz CT molecular complexity index is 99.7. The number of methoxy groups -OCH3 is 1. The van der Waals surface area contributed by atoms with Gasteiger partial charge in [0.1, 0.15) is 0 Å². The molecule has 1 N–H and O–H groups in total. The lowest BCUT2D eigenvalue weighted by atomic mass is 10.1. The van der Waals surface area contributed by atoms with Crippen molar-refractivity contribution in [1.82, 2.24) is 0 Å². The van der Waals surface area contributed by atoms with Crippen LogP contribution in [0.15, 0.2) is 12.7 Å². The molecule has 0 fully saturated rings. The molecule has 0 aromatic heterocycles. The first-order valence-electron chi connectivity index (χ1n) is 4.04. The van der Waals surface area contributed by atoms with Gasteiger partial charge in [-0.05, 0) is 26.2 Å². The standard InChI is InChI=1S/C9H18O2/c1-4-9(11-3)7-5-6-8(2)10/h4,8-10H,1,5-7H2,2-3H3. The van der Waals surface area contributed by atoms with Gasteiger partial charge >= 0.3 is 0 Å². The summed E-state index contributed by atoms with van der Waals surface area (Å²) in [5, 5.41) is 8.94. The number of rotatable bonds is 6. The summed E-state index contributed by atoms with van der Waals surface area (Å²) < 4.78 is 5.08. The Hall–Kier alpha value is -0.340. The van der Waals surface area contributed by atoms with E-state index in [2.05, 4.69) is 6.58 Å². The second kappa shape index (κ2) is 6.38. The van der Waals surface area contributed by atoms with Crippen molar-refractivity contribution in [3.8, 4) is 0 Å². The Balaban J connectivity index is 3.28. The summed E-state index contributed by atoms with van der Waals surface area (Å²) in [6.45, 7) is 5.44. The molecule has 0 bridgehead atoms. The summed E-state index contributed by atoms with van der Waals surface area (Å²) in [7, 11) is 1.68. The lowest BCUT2D eigenvalue weighted by Crippen LogP contribution is -2.08. The molecular weight excluding hydrogens is 140 g/mol. The van der Waals surface area contributed by atoms with Crippen molar-refractivity contribution in [2.75, 3.05) is 7.11 Å². The van der Waals surface area contributed by atoms with Crippen molar-refractivity contribution in [2.24, 2.45) is 0 Å². The van der Waals surface area contributed by atoms with Gasteiger partial charge in [0.15, 0.2) is 0 Å². The molecule has 0 aromatic rings. The van der Waals surface area contributed by atoms with Gasteiger partial charge in [0.2, 0.25) is 0 Å². The van der Waals surface area contributed by atoms with E-state index in [4.69, 9.17) is 9.84 Å². The van der Waals surface area contributed by atoms with Gasteiger partial charge in [-0.15, -0.1) is 6.58 Å². The molecule has 0 radical (unpaired) electrons. The lowest BCUT2D eigenvalue weighted by Gasteiger charge is -2.10. The zero-order valence-corrected chi connectivity index (χ0v) is 7.42. The average Bonchev–Trinajstić information content (AvgIpc) is 1.98. The quantitative estimate of drug-likeness (QED) is 0.597. The molecule has 0 aromatic carbocycles. The molecule has 0 aliphatic heterocycles. The summed E-state index contributed by atoms with van der Waals surface area (Å²) >= 11 is 0. The fourth-order valence-electron chi connectivity index (χ4n) is 0.946. The van der Waals surface area contributed by atoms with Crippen LogP contribution in [0.1, 0.15) is 26.2 Å². The molecule has 0 rings (SSSR count). The first kappa shape index (κ1) is 10.7. The van der Waals surface area contributed by atoms with E-state index < -0.39 is 0 Å². The van der Waals surface area contributed by atoms with E-state index in [0.717, 1.165) is 19.3 Å². The van der Waals surface area contributed by atoms with Crippen LogP contribution in [0.4, 0.5) is 0 Å². The molecule has 11 heavy (non-hydrogen) atoms. The Kier molecular flexibility index (Phi) is 6.18. The summed E-state index contributed by atoms with van der Waals surface area (Å²) in [5.41, 5.74) is 0. The van der Waals surface area contributed by atoms with Crippen molar-refractivity contribution in [2.45, 2.75) is 38.4 Å². The maximum absolute atomic E-state index is 8.94. The van der Waals surface area contributed by atoms with Crippen LogP contribution in [0.5, 0.6) is 0 Å². The van der Waals surface area contributed by atoms with E-state index in [9.17, 15) is 0 Å². The summed E-state index contributed by atoms with van der Waals surface area (Å²) in [4.78, 5) is 0. The molecule has 0 heterocycles. The van der Waals surface area contributed by atoms with Gasteiger partial charge in [-0.1, -0.05) is 6.08 Å². The minimum absolute atomic E-state index is 0.147. The van der Waals surface area contributed by atoms with Crippen LogP contribution >= 0.6 is 0 Å². The first-order valence-corrected chi connectivity index (χ1v) is 4.04. The smallest absolute Gasteiger partial charge is 0.0749 e. The van der Waals surface area contributed by atoms with Gasteiger partial charge in [0.05, 0.1) is 12.2 Å². The van der Waals surface area contributed by atoms with Crippen LogP contribution in [-0.4, -0.2) is 24.4 Å². The van der Waals surface area contributed by atoms with Crippen LogP contribution < -0.4 is 0 Å². The highest BCUT2D eigenvalue weighted by Crippen LogP contribution is 2.06. The van der Waals surface area contributed by atoms with Gasteiger partial charge in [-0.25, -0.2) is 0 Å². The van der Waals surface area contributed by atoms with Crippen LogP contribution in [0.3, 0.4) is 0 Å². The van der Waals surface area contributed by atoms with Crippen LogP contribution in [0, 0.1) is 0 Å².